The number of nitrogens with zero attached hydrogens (tertiary/aromatic N) is 1. The summed E-state index contributed by atoms with van der Waals surface area (Å²) in [6, 6.07) is -0.734. The summed E-state index contributed by atoms with van der Waals surface area (Å²) in [5.74, 6) is -1.11. The minimum Gasteiger partial charge on any atom is -0.480 e. The van der Waals surface area contributed by atoms with Crippen molar-refractivity contribution in [3.8, 4) is 0 Å². The molecule has 1 unspecified atom stereocenters. The number of hydrogen-bond acceptors (Lipinski definition) is 4. The maximum Gasteiger partial charge on any atom is 0.326 e. The lowest BCUT2D eigenvalue weighted by molar-refractivity contribution is -0.142. The first-order chi connectivity index (χ1) is 8.06. The summed E-state index contributed by atoms with van der Waals surface area (Å²) in [6.07, 6.45) is 1.92. The Balaban J connectivity index is 1.89. The molecule has 1 fully saturated rings. The fourth-order valence-corrected chi connectivity index (χ4v) is 2.30. The molecular formula is C11H14N2O3S. The van der Waals surface area contributed by atoms with E-state index < -0.39 is 12.0 Å². The average Bonchev–Trinajstić information content (AvgIpc) is 3.00. The Morgan fingerprint density at radius 3 is 2.82 bits per heavy atom. The lowest BCUT2D eigenvalue weighted by Crippen LogP contribution is -2.43. The first kappa shape index (κ1) is 12.0. The molecule has 1 atom stereocenters. The third kappa shape index (κ3) is 3.26. The molecule has 0 radical (unpaired) electrons. The molecule has 1 aromatic heterocycles. The SMILES string of the molecule is Cc1nc(CC(=O)NC(C(=O)O)C2CC2)cs1. The van der Waals surface area contributed by atoms with Gasteiger partial charge in [-0.2, -0.15) is 0 Å². The summed E-state index contributed by atoms with van der Waals surface area (Å²) in [6.45, 7) is 1.87. The molecule has 0 bridgehead atoms. The van der Waals surface area contributed by atoms with E-state index in [2.05, 4.69) is 10.3 Å². The van der Waals surface area contributed by atoms with Crippen LogP contribution in [0.3, 0.4) is 0 Å². The minimum atomic E-state index is -0.949. The van der Waals surface area contributed by atoms with Crippen molar-refractivity contribution in [2.45, 2.75) is 32.2 Å². The number of rotatable bonds is 5. The molecule has 0 aliphatic heterocycles. The van der Waals surface area contributed by atoms with Crippen molar-refractivity contribution in [2.75, 3.05) is 0 Å². The van der Waals surface area contributed by atoms with Crippen molar-refractivity contribution in [3.05, 3.63) is 16.1 Å². The zero-order valence-corrected chi connectivity index (χ0v) is 10.3. The van der Waals surface area contributed by atoms with Crippen LogP contribution in [-0.2, 0) is 16.0 Å². The van der Waals surface area contributed by atoms with Crippen molar-refractivity contribution >= 4 is 23.2 Å². The molecule has 2 rings (SSSR count). The Morgan fingerprint density at radius 1 is 1.65 bits per heavy atom. The van der Waals surface area contributed by atoms with E-state index in [1.807, 2.05) is 12.3 Å². The summed E-state index contributed by atoms with van der Waals surface area (Å²) >= 11 is 1.48. The van der Waals surface area contributed by atoms with E-state index in [9.17, 15) is 9.59 Å². The molecule has 0 saturated heterocycles. The molecule has 6 heteroatoms. The number of amides is 1. The van der Waals surface area contributed by atoms with Gasteiger partial charge >= 0.3 is 5.97 Å². The van der Waals surface area contributed by atoms with Crippen LogP contribution in [0.1, 0.15) is 23.5 Å². The number of aromatic nitrogens is 1. The highest BCUT2D eigenvalue weighted by Gasteiger charge is 2.37. The van der Waals surface area contributed by atoms with Crippen LogP contribution >= 0.6 is 11.3 Å². The van der Waals surface area contributed by atoms with Gasteiger partial charge in [0, 0.05) is 5.38 Å². The summed E-state index contributed by atoms with van der Waals surface area (Å²) in [7, 11) is 0. The molecule has 17 heavy (non-hydrogen) atoms. The molecule has 1 amide bonds. The Labute approximate surface area is 103 Å². The second kappa shape index (κ2) is 4.83. The van der Waals surface area contributed by atoms with E-state index in [-0.39, 0.29) is 18.2 Å². The molecule has 1 aliphatic rings. The maximum absolute atomic E-state index is 11.7. The average molecular weight is 254 g/mol. The van der Waals surface area contributed by atoms with E-state index in [1.54, 1.807) is 0 Å². The first-order valence-corrected chi connectivity index (χ1v) is 6.37. The second-order valence-electron chi connectivity index (χ2n) is 4.26. The molecule has 92 valence electrons. The third-order valence-electron chi connectivity index (χ3n) is 2.68. The van der Waals surface area contributed by atoms with E-state index in [0.717, 1.165) is 17.8 Å². The number of carbonyl (C=O) groups is 2. The zero-order chi connectivity index (χ0) is 12.4. The lowest BCUT2D eigenvalue weighted by Gasteiger charge is -2.12. The number of nitrogens with one attached hydrogen (secondary N) is 1. The molecular weight excluding hydrogens is 240 g/mol. The minimum absolute atomic E-state index is 0.105. The van der Waals surface area contributed by atoms with Gasteiger partial charge in [-0.05, 0) is 25.7 Å². The normalized spacial score (nSPS) is 16.5. The highest BCUT2D eigenvalue weighted by atomic mass is 32.1. The van der Waals surface area contributed by atoms with Gasteiger partial charge in [-0.1, -0.05) is 0 Å². The fraction of sp³-hybridized carbons (Fsp3) is 0.545. The molecule has 2 N–H and O–H groups in total. The number of thiazole rings is 1. The number of carboxylic acids is 1. The van der Waals surface area contributed by atoms with Gasteiger partial charge in [0.2, 0.25) is 5.91 Å². The van der Waals surface area contributed by atoms with E-state index in [1.165, 1.54) is 11.3 Å². The van der Waals surface area contributed by atoms with Gasteiger partial charge in [0.1, 0.15) is 6.04 Å². The quantitative estimate of drug-likeness (QED) is 0.820. The van der Waals surface area contributed by atoms with Gasteiger partial charge < -0.3 is 10.4 Å². The summed E-state index contributed by atoms with van der Waals surface area (Å²) in [5, 5.41) is 14.3. The van der Waals surface area contributed by atoms with Crippen molar-refractivity contribution < 1.29 is 14.7 Å². The Bertz CT molecular complexity index is 440. The van der Waals surface area contributed by atoms with Crippen LogP contribution in [0.2, 0.25) is 0 Å². The Kier molecular flexibility index (Phi) is 3.42. The summed E-state index contributed by atoms with van der Waals surface area (Å²) in [4.78, 5) is 26.8. The van der Waals surface area contributed by atoms with E-state index >= 15 is 0 Å². The van der Waals surface area contributed by atoms with Crippen molar-refractivity contribution in [2.24, 2.45) is 5.92 Å². The third-order valence-corrected chi connectivity index (χ3v) is 3.51. The van der Waals surface area contributed by atoms with Crippen LogP contribution in [0.5, 0.6) is 0 Å². The molecule has 1 heterocycles. The van der Waals surface area contributed by atoms with Crippen LogP contribution in [0.25, 0.3) is 0 Å². The van der Waals surface area contributed by atoms with Crippen LogP contribution in [-0.4, -0.2) is 28.0 Å². The maximum atomic E-state index is 11.7. The molecule has 0 spiro atoms. The second-order valence-corrected chi connectivity index (χ2v) is 5.32. The smallest absolute Gasteiger partial charge is 0.326 e. The highest BCUT2D eigenvalue weighted by molar-refractivity contribution is 7.09. The number of aryl methyl sites for hydroxylation is 1. The molecule has 5 nitrogen and oxygen atoms in total. The number of carboxylic acid groups (broad SMARTS) is 1. The van der Waals surface area contributed by atoms with Gasteiger partial charge in [-0.25, -0.2) is 9.78 Å². The number of carbonyl (C=O) groups excluding carboxylic acids is 1. The molecule has 1 saturated carbocycles. The Hall–Kier alpha value is -1.43. The topological polar surface area (TPSA) is 79.3 Å². The predicted molar refractivity (Wildman–Crippen MR) is 62.8 cm³/mol. The standard InChI is InChI=1S/C11H14N2O3S/c1-6-12-8(5-17-6)4-9(14)13-10(11(15)16)7-2-3-7/h5,7,10H,2-4H2,1H3,(H,13,14)(H,15,16). The van der Waals surface area contributed by atoms with Crippen molar-refractivity contribution in [1.82, 2.24) is 10.3 Å². The number of hydrogen-bond donors (Lipinski definition) is 2. The number of aliphatic carboxylic acids is 1. The van der Waals surface area contributed by atoms with Crippen LogP contribution in [0, 0.1) is 12.8 Å². The van der Waals surface area contributed by atoms with Gasteiger partial charge in [0.25, 0.3) is 0 Å². The van der Waals surface area contributed by atoms with Crippen LogP contribution in [0.15, 0.2) is 5.38 Å². The highest BCUT2D eigenvalue weighted by Crippen LogP contribution is 2.32. The zero-order valence-electron chi connectivity index (χ0n) is 9.47. The molecule has 1 aromatic rings. The van der Waals surface area contributed by atoms with Crippen LogP contribution in [0.4, 0.5) is 0 Å². The van der Waals surface area contributed by atoms with E-state index in [4.69, 9.17) is 5.11 Å². The fourth-order valence-electron chi connectivity index (χ4n) is 1.69. The monoisotopic (exact) mass is 254 g/mol. The Morgan fingerprint density at radius 2 is 2.35 bits per heavy atom. The largest absolute Gasteiger partial charge is 0.480 e. The van der Waals surface area contributed by atoms with Crippen LogP contribution < -0.4 is 5.32 Å². The summed E-state index contributed by atoms with van der Waals surface area (Å²) < 4.78 is 0. The lowest BCUT2D eigenvalue weighted by atomic mass is 10.2. The van der Waals surface area contributed by atoms with Crippen molar-refractivity contribution in [3.63, 3.8) is 0 Å². The van der Waals surface area contributed by atoms with Gasteiger partial charge in [-0.3, -0.25) is 4.79 Å². The molecule has 1 aliphatic carbocycles. The van der Waals surface area contributed by atoms with Gasteiger partial charge in [0.15, 0.2) is 0 Å². The van der Waals surface area contributed by atoms with E-state index in [0.29, 0.717) is 5.69 Å². The summed E-state index contributed by atoms with van der Waals surface area (Å²) in [5.41, 5.74) is 0.699. The first-order valence-electron chi connectivity index (χ1n) is 5.49. The van der Waals surface area contributed by atoms with Gasteiger partial charge in [-0.15, -0.1) is 11.3 Å². The van der Waals surface area contributed by atoms with Crippen molar-refractivity contribution in [1.29, 1.82) is 0 Å². The molecule has 0 aromatic carbocycles. The van der Waals surface area contributed by atoms with Gasteiger partial charge in [0.05, 0.1) is 17.1 Å². The predicted octanol–water partition coefficient (Wildman–Crippen LogP) is 0.973.